The molecule has 0 amide bonds. The van der Waals surface area contributed by atoms with Gasteiger partial charge < -0.3 is 9.84 Å². The van der Waals surface area contributed by atoms with E-state index in [1.165, 1.54) is 18.2 Å². The van der Waals surface area contributed by atoms with Crippen molar-refractivity contribution in [2.75, 3.05) is 0 Å². The van der Waals surface area contributed by atoms with Gasteiger partial charge in [-0.25, -0.2) is 4.79 Å². The first-order valence-electron chi connectivity index (χ1n) is 6.05. The maximum atomic E-state index is 12.2. The molecule has 0 atom stereocenters. The largest absolute Gasteiger partial charge is 0.573 e. The Kier molecular flexibility index (Phi) is 4.21. The second kappa shape index (κ2) is 5.95. The van der Waals surface area contributed by atoms with Gasteiger partial charge in [-0.3, -0.25) is 10.1 Å². The van der Waals surface area contributed by atoms with Gasteiger partial charge in [-0.15, -0.1) is 13.2 Å². The summed E-state index contributed by atoms with van der Waals surface area (Å²) in [6.45, 7) is 0. The molecular formula is C14H8F3NO5. The second-order valence-corrected chi connectivity index (χ2v) is 4.37. The molecule has 0 spiro atoms. The Hall–Kier alpha value is -3.10. The summed E-state index contributed by atoms with van der Waals surface area (Å²) in [4.78, 5) is 21.0. The fourth-order valence-corrected chi connectivity index (χ4v) is 1.92. The van der Waals surface area contributed by atoms with Gasteiger partial charge in [-0.2, -0.15) is 0 Å². The Morgan fingerprint density at radius 3 is 2.35 bits per heavy atom. The van der Waals surface area contributed by atoms with E-state index in [1.807, 2.05) is 0 Å². The molecule has 9 heteroatoms. The van der Waals surface area contributed by atoms with Gasteiger partial charge in [0.1, 0.15) is 11.3 Å². The monoisotopic (exact) mass is 327 g/mol. The van der Waals surface area contributed by atoms with Crippen molar-refractivity contribution >= 4 is 11.7 Å². The molecule has 0 aliphatic heterocycles. The van der Waals surface area contributed by atoms with Crippen molar-refractivity contribution in [2.24, 2.45) is 0 Å². The van der Waals surface area contributed by atoms with Crippen LogP contribution in [-0.2, 0) is 0 Å². The zero-order valence-electron chi connectivity index (χ0n) is 11.2. The van der Waals surface area contributed by atoms with Crippen LogP contribution in [0.3, 0.4) is 0 Å². The molecule has 120 valence electrons. The van der Waals surface area contributed by atoms with Crippen molar-refractivity contribution < 1.29 is 32.7 Å². The van der Waals surface area contributed by atoms with Gasteiger partial charge in [-0.1, -0.05) is 18.2 Å². The van der Waals surface area contributed by atoms with Crippen molar-refractivity contribution in [3.8, 4) is 16.9 Å². The van der Waals surface area contributed by atoms with Crippen LogP contribution in [0.2, 0.25) is 0 Å². The van der Waals surface area contributed by atoms with Crippen LogP contribution in [0.4, 0.5) is 18.9 Å². The lowest BCUT2D eigenvalue weighted by Gasteiger charge is -2.10. The van der Waals surface area contributed by atoms with Crippen molar-refractivity contribution in [3.63, 3.8) is 0 Å². The first-order valence-corrected chi connectivity index (χ1v) is 6.05. The third-order valence-electron chi connectivity index (χ3n) is 2.83. The molecule has 2 aromatic rings. The van der Waals surface area contributed by atoms with E-state index in [9.17, 15) is 28.1 Å². The number of carboxylic acids is 1. The molecular weight excluding hydrogens is 319 g/mol. The summed E-state index contributed by atoms with van der Waals surface area (Å²) in [7, 11) is 0. The van der Waals surface area contributed by atoms with E-state index in [2.05, 4.69) is 4.74 Å². The van der Waals surface area contributed by atoms with Gasteiger partial charge in [0.2, 0.25) is 0 Å². The molecule has 2 rings (SSSR count). The number of aromatic carboxylic acids is 1. The highest BCUT2D eigenvalue weighted by molar-refractivity contribution is 5.93. The van der Waals surface area contributed by atoms with E-state index >= 15 is 0 Å². The average molecular weight is 327 g/mol. The molecule has 0 saturated carbocycles. The van der Waals surface area contributed by atoms with E-state index in [0.717, 1.165) is 24.3 Å². The standard InChI is InChI=1S/C14H8F3NO5/c15-14(16,17)23-10-3-1-2-8(6-10)9-4-5-11(13(19)20)12(7-9)18(21)22/h1-7H,(H,19,20). The summed E-state index contributed by atoms with van der Waals surface area (Å²) in [6.07, 6.45) is -4.86. The van der Waals surface area contributed by atoms with Crippen LogP contribution < -0.4 is 4.74 Å². The minimum absolute atomic E-state index is 0.189. The quantitative estimate of drug-likeness (QED) is 0.680. The summed E-state index contributed by atoms with van der Waals surface area (Å²) in [6, 6.07) is 8.10. The zero-order valence-corrected chi connectivity index (χ0v) is 11.2. The number of nitrogens with zero attached hydrogens (tertiary/aromatic N) is 1. The van der Waals surface area contributed by atoms with Gasteiger partial charge in [0.25, 0.3) is 5.69 Å². The van der Waals surface area contributed by atoms with E-state index in [1.54, 1.807) is 0 Å². The topological polar surface area (TPSA) is 89.7 Å². The molecule has 6 nitrogen and oxygen atoms in total. The number of carboxylic acid groups (broad SMARTS) is 1. The SMILES string of the molecule is O=C(O)c1ccc(-c2cccc(OC(F)(F)F)c2)cc1[N+](=O)[O-]. The highest BCUT2D eigenvalue weighted by Crippen LogP contribution is 2.31. The lowest BCUT2D eigenvalue weighted by Crippen LogP contribution is -2.17. The Labute approximate surface area is 126 Å². The van der Waals surface area contributed by atoms with Crippen LogP contribution in [0.25, 0.3) is 11.1 Å². The molecule has 0 aliphatic rings. The third kappa shape index (κ3) is 3.96. The van der Waals surface area contributed by atoms with Crippen molar-refractivity contribution in [1.29, 1.82) is 0 Å². The number of hydrogen-bond donors (Lipinski definition) is 1. The van der Waals surface area contributed by atoms with Crippen LogP contribution in [0, 0.1) is 10.1 Å². The molecule has 1 N–H and O–H groups in total. The first-order chi connectivity index (χ1) is 10.7. The van der Waals surface area contributed by atoms with Gasteiger partial charge in [0.15, 0.2) is 0 Å². The lowest BCUT2D eigenvalue weighted by molar-refractivity contribution is -0.385. The second-order valence-electron chi connectivity index (χ2n) is 4.37. The molecule has 0 aromatic heterocycles. The van der Waals surface area contributed by atoms with Crippen LogP contribution in [0.5, 0.6) is 5.75 Å². The summed E-state index contributed by atoms with van der Waals surface area (Å²) in [5, 5.41) is 19.8. The maximum absolute atomic E-state index is 12.2. The number of nitro benzene ring substituents is 1. The predicted molar refractivity (Wildman–Crippen MR) is 72.2 cm³/mol. The number of carbonyl (C=O) groups is 1. The van der Waals surface area contributed by atoms with Crippen LogP contribution in [-0.4, -0.2) is 22.4 Å². The number of alkyl halides is 3. The number of hydrogen-bond acceptors (Lipinski definition) is 4. The normalized spacial score (nSPS) is 11.1. The molecule has 0 bridgehead atoms. The first kappa shape index (κ1) is 16.3. The van der Waals surface area contributed by atoms with Crippen molar-refractivity contribution in [2.45, 2.75) is 6.36 Å². The Morgan fingerprint density at radius 1 is 1.13 bits per heavy atom. The molecule has 0 saturated heterocycles. The van der Waals surface area contributed by atoms with Crippen LogP contribution >= 0.6 is 0 Å². The van der Waals surface area contributed by atoms with Gasteiger partial charge in [-0.05, 0) is 29.3 Å². The van der Waals surface area contributed by atoms with Gasteiger partial charge in [0.05, 0.1) is 4.92 Å². The smallest absolute Gasteiger partial charge is 0.477 e. The molecule has 0 heterocycles. The van der Waals surface area contributed by atoms with Crippen molar-refractivity contribution in [1.82, 2.24) is 0 Å². The van der Waals surface area contributed by atoms with E-state index in [0.29, 0.717) is 0 Å². The summed E-state index contributed by atoms with van der Waals surface area (Å²) < 4.78 is 40.4. The van der Waals surface area contributed by atoms with E-state index in [4.69, 9.17) is 5.11 Å². The number of benzene rings is 2. The Bertz CT molecular complexity index is 773. The van der Waals surface area contributed by atoms with E-state index < -0.39 is 34.3 Å². The number of ether oxygens (including phenoxy) is 1. The van der Waals surface area contributed by atoms with Gasteiger partial charge >= 0.3 is 12.3 Å². The maximum Gasteiger partial charge on any atom is 0.573 e. The fraction of sp³-hybridized carbons (Fsp3) is 0.0714. The lowest BCUT2D eigenvalue weighted by atomic mass is 10.0. The molecule has 0 fully saturated rings. The Morgan fingerprint density at radius 2 is 1.78 bits per heavy atom. The number of rotatable bonds is 4. The van der Waals surface area contributed by atoms with Crippen LogP contribution in [0.1, 0.15) is 10.4 Å². The molecule has 0 aliphatic carbocycles. The molecule has 23 heavy (non-hydrogen) atoms. The van der Waals surface area contributed by atoms with Crippen molar-refractivity contribution in [3.05, 3.63) is 58.1 Å². The summed E-state index contributed by atoms with van der Waals surface area (Å²) in [5.41, 5.74) is -0.764. The van der Waals surface area contributed by atoms with E-state index in [-0.39, 0.29) is 11.1 Å². The minimum atomic E-state index is -4.86. The fourth-order valence-electron chi connectivity index (χ4n) is 1.92. The minimum Gasteiger partial charge on any atom is -0.477 e. The number of nitro groups is 1. The molecule has 0 unspecified atom stereocenters. The highest BCUT2D eigenvalue weighted by atomic mass is 19.4. The number of halogens is 3. The zero-order chi connectivity index (χ0) is 17.2. The summed E-state index contributed by atoms with van der Waals surface area (Å²) in [5.74, 6) is -1.96. The highest BCUT2D eigenvalue weighted by Gasteiger charge is 2.31. The third-order valence-corrected chi connectivity index (χ3v) is 2.83. The average Bonchev–Trinajstić information content (AvgIpc) is 2.45. The van der Waals surface area contributed by atoms with Crippen LogP contribution in [0.15, 0.2) is 42.5 Å². The molecule has 2 aromatic carbocycles. The summed E-state index contributed by atoms with van der Waals surface area (Å²) >= 11 is 0. The van der Waals surface area contributed by atoms with Gasteiger partial charge in [0, 0.05) is 6.07 Å². The predicted octanol–water partition coefficient (Wildman–Crippen LogP) is 3.86. The Balaban J connectivity index is 2.46. The molecule has 0 radical (unpaired) electrons.